The highest BCUT2D eigenvalue weighted by molar-refractivity contribution is 5.96. The molecule has 1 heterocycles. The number of hydrogen-bond donors (Lipinski definition) is 2. The predicted molar refractivity (Wildman–Crippen MR) is 84.0 cm³/mol. The summed E-state index contributed by atoms with van der Waals surface area (Å²) in [6.45, 7) is 0.251. The number of nitrogens with two attached hydrogens (primary N) is 1. The molecule has 0 radical (unpaired) electrons. The summed E-state index contributed by atoms with van der Waals surface area (Å²) in [5, 5.41) is 10.1. The number of amides is 2. The third kappa shape index (κ3) is 3.32. The second-order valence-corrected chi connectivity index (χ2v) is 6.42. The summed E-state index contributed by atoms with van der Waals surface area (Å²) in [5.41, 5.74) is 4.08. The van der Waals surface area contributed by atoms with Crippen molar-refractivity contribution in [3.63, 3.8) is 0 Å². The number of rotatable bonds is 4. The zero-order valence-electron chi connectivity index (χ0n) is 13.0. The number of carbonyl (C=O) groups is 2. The number of benzene rings is 1. The Morgan fingerprint density at radius 1 is 1.30 bits per heavy atom. The average Bonchev–Trinajstić information content (AvgIpc) is 3.17. The lowest BCUT2D eigenvalue weighted by Gasteiger charge is -2.20. The van der Waals surface area contributed by atoms with E-state index in [0.717, 1.165) is 12.8 Å². The number of likely N-dealkylation sites (tertiary alicyclic amines) is 1. The van der Waals surface area contributed by atoms with Gasteiger partial charge in [0.05, 0.1) is 12.6 Å². The minimum Gasteiger partial charge on any atom is -0.490 e. The van der Waals surface area contributed by atoms with Crippen molar-refractivity contribution in [1.82, 2.24) is 4.90 Å². The molecule has 2 aliphatic rings. The monoisotopic (exact) mass is 318 g/mol. The molecule has 1 saturated carbocycles. The molecule has 1 atom stereocenters. The van der Waals surface area contributed by atoms with Gasteiger partial charge < -0.3 is 20.5 Å². The maximum Gasteiger partial charge on any atom is 0.254 e. The lowest BCUT2D eigenvalue weighted by Crippen LogP contribution is -2.46. The fourth-order valence-corrected chi connectivity index (χ4v) is 3.25. The first-order valence-electron chi connectivity index (χ1n) is 8.06. The van der Waals surface area contributed by atoms with Crippen molar-refractivity contribution in [2.75, 3.05) is 13.1 Å². The Morgan fingerprint density at radius 2 is 2.04 bits per heavy atom. The van der Waals surface area contributed by atoms with E-state index in [-0.39, 0.29) is 25.0 Å². The van der Waals surface area contributed by atoms with Gasteiger partial charge in [-0.2, -0.15) is 0 Å². The topological polar surface area (TPSA) is 92.9 Å². The lowest BCUT2D eigenvalue weighted by atomic mass is 10.0. The molecule has 3 rings (SSSR count). The van der Waals surface area contributed by atoms with Crippen LogP contribution in [0.25, 0.3) is 0 Å². The molecular formula is C17H22N2O4. The largest absolute Gasteiger partial charge is 0.490 e. The van der Waals surface area contributed by atoms with Crippen LogP contribution in [0, 0.1) is 0 Å². The highest BCUT2D eigenvalue weighted by Crippen LogP contribution is 2.26. The van der Waals surface area contributed by atoms with Gasteiger partial charge in [-0.15, -0.1) is 0 Å². The first-order chi connectivity index (χ1) is 11.0. The quantitative estimate of drug-likeness (QED) is 0.868. The zero-order chi connectivity index (χ0) is 16.4. The van der Waals surface area contributed by atoms with Gasteiger partial charge in [-0.25, -0.2) is 0 Å². The van der Waals surface area contributed by atoms with Crippen molar-refractivity contribution in [1.29, 1.82) is 0 Å². The van der Waals surface area contributed by atoms with Crippen molar-refractivity contribution in [3.8, 4) is 5.75 Å². The molecule has 1 aromatic carbocycles. The summed E-state index contributed by atoms with van der Waals surface area (Å²) in [6.07, 6.45) is 4.87. The molecule has 0 bridgehead atoms. The van der Waals surface area contributed by atoms with E-state index in [1.165, 1.54) is 17.7 Å². The van der Waals surface area contributed by atoms with Crippen molar-refractivity contribution < 1.29 is 19.4 Å². The number of aliphatic hydroxyl groups is 1. The Kier molecular flexibility index (Phi) is 4.26. The standard InChI is InChI=1S/C17H22N2O4/c18-16(21)17(22)8-9-19(11-17)15(20)12-4-3-7-14(10-12)23-13-5-1-2-6-13/h3-4,7,10,13,22H,1-2,5-6,8-9,11H2,(H2,18,21). The van der Waals surface area contributed by atoms with Gasteiger partial charge in [0.2, 0.25) is 0 Å². The Morgan fingerprint density at radius 3 is 2.70 bits per heavy atom. The summed E-state index contributed by atoms with van der Waals surface area (Å²) >= 11 is 0. The van der Waals surface area contributed by atoms with Crippen LogP contribution in [0.1, 0.15) is 42.5 Å². The second kappa shape index (κ2) is 6.20. The third-order valence-corrected chi connectivity index (χ3v) is 4.68. The van der Waals surface area contributed by atoms with Gasteiger partial charge in [-0.3, -0.25) is 9.59 Å². The van der Waals surface area contributed by atoms with Crippen LogP contribution in [0.5, 0.6) is 5.75 Å². The molecular weight excluding hydrogens is 296 g/mol. The average molecular weight is 318 g/mol. The Hall–Kier alpha value is -2.08. The van der Waals surface area contributed by atoms with Gasteiger partial charge in [-0.1, -0.05) is 6.07 Å². The molecule has 1 aliphatic heterocycles. The molecule has 1 unspecified atom stereocenters. The summed E-state index contributed by atoms with van der Waals surface area (Å²) in [5.74, 6) is -0.322. The van der Waals surface area contributed by atoms with Gasteiger partial charge in [0.1, 0.15) is 5.75 Å². The molecule has 124 valence electrons. The molecule has 6 nitrogen and oxygen atoms in total. The molecule has 23 heavy (non-hydrogen) atoms. The fraction of sp³-hybridized carbons (Fsp3) is 0.529. The third-order valence-electron chi connectivity index (χ3n) is 4.68. The van der Waals surface area contributed by atoms with E-state index in [9.17, 15) is 14.7 Å². The highest BCUT2D eigenvalue weighted by atomic mass is 16.5. The van der Waals surface area contributed by atoms with Crippen LogP contribution in [-0.4, -0.2) is 46.6 Å². The van der Waals surface area contributed by atoms with E-state index < -0.39 is 11.5 Å². The van der Waals surface area contributed by atoms with Gasteiger partial charge in [-0.05, 0) is 43.9 Å². The van der Waals surface area contributed by atoms with Crippen molar-refractivity contribution >= 4 is 11.8 Å². The van der Waals surface area contributed by atoms with E-state index in [2.05, 4.69) is 0 Å². The maximum atomic E-state index is 12.6. The number of β-amino-alcohol motifs (C(OH)–C–C–N with tert-alkyl or cyclic N) is 1. The normalized spacial score (nSPS) is 24.8. The van der Waals surface area contributed by atoms with Gasteiger partial charge >= 0.3 is 0 Å². The van der Waals surface area contributed by atoms with Crippen LogP contribution < -0.4 is 10.5 Å². The number of ether oxygens (including phenoxy) is 1. The molecule has 2 amide bonds. The molecule has 2 fully saturated rings. The van der Waals surface area contributed by atoms with E-state index in [4.69, 9.17) is 10.5 Å². The van der Waals surface area contributed by atoms with Crippen LogP contribution in [0.3, 0.4) is 0 Å². The van der Waals surface area contributed by atoms with E-state index in [0.29, 0.717) is 17.9 Å². The second-order valence-electron chi connectivity index (χ2n) is 6.42. The lowest BCUT2D eigenvalue weighted by molar-refractivity contribution is -0.134. The first-order valence-corrected chi connectivity index (χ1v) is 8.06. The molecule has 1 saturated heterocycles. The molecule has 0 spiro atoms. The van der Waals surface area contributed by atoms with Gasteiger partial charge in [0.15, 0.2) is 5.60 Å². The molecule has 0 aromatic heterocycles. The van der Waals surface area contributed by atoms with E-state index >= 15 is 0 Å². The highest BCUT2D eigenvalue weighted by Gasteiger charge is 2.43. The molecule has 1 aromatic rings. The minimum absolute atomic E-state index is 0.0606. The van der Waals surface area contributed by atoms with E-state index in [1.54, 1.807) is 18.2 Å². The van der Waals surface area contributed by atoms with Crippen LogP contribution in [0.4, 0.5) is 0 Å². The predicted octanol–water partition coefficient (Wildman–Crippen LogP) is 1.07. The first kappa shape index (κ1) is 15.8. The summed E-state index contributed by atoms with van der Waals surface area (Å²) < 4.78 is 5.91. The molecule has 3 N–H and O–H groups in total. The molecule has 1 aliphatic carbocycles. The van der Waals surface area contributed by atoms with Crippen LogP contribution >= 0.6 is 0 Å². The zero-order valence-corrected chi connectivity index (χ0v) is 13.0. The Labute approximate surface area is 135 Å². The van der Waals surface area contributed by atoms with Crippen molar-refractivity contribution in [2.24, 2.45) is 5.73 Å². The summed E-state index contributed by atoms with van der Waals surface area (Å²) in [7, 11) is 0. The number of primary amides is 1. The Bertz CT molecular complexity index is 612. The summed E-state index contributed by atoms with van der Waals surface area (Å²) in [4.78, 5) is 25.3. The van der Waals surface area contributed by atoms with E-state index in [1.807, 2.05) is 6.07 Å². The van der Waals surface area contributed by atoms with Crippen LogP contribution in [0.2, 0.25) is 0 Å². The number of hydrogen-bond acceptors (Lipinski definition) is 4. The Balaban J connectivity index is 1.69. The van der Waals surface area contributed by atoms with Gasteiger partial charge in [0, 0.05) is 18.5 Å². The van der Waals surface area contributed by atoms with Crippen molar-refractivity contribution in [2.45, 2.75) is 43.8 Å². The molecule has 6 heteroatoms. The van der Waals surface area contributed by atoms with Gasteiger partial charge in [0.25, 0.3) is 11.8 Å². The summed E-state index contributed by atoms with van der Waals surface area (Å²) in [6, 6.07) is 7.07. The number of nitrogens with zero attached hydrogens (tertiary/aromatic N) is 1. The smallest absolute Gasteiger partial charge is 0.254 e. The maximum absolute atomic E-state index is 12.6. The number of carbonyl (C=O) groups excluding carboxylic acids is 2. The fourth-order valence-electron chi connectivity index (χ4n) is 3.25. The van der Waals surface area contributed by atoms with Crippen molar-refractivity contribution in [3.05, 3.63) is 29.8 Å². The van der Waals surface area contributed by atoms with Crippen LogP contribution in [0.15, 0.2) is 24.3 Å². The van der Waals surface area contributed by atoms with Crippen LogP contribution in [-0.2, 0) is 4.79 Å². The SMILES string of the molecule is NC(=O)C1(O)CCN(C(=O)c2cccc(OC3CCCC3)c2)C1. The minimum atomic E-state index is -1.62.